The quantitative estimate of drug-likeness (QED) is 0.224. The Hall–Kier alpha value is -3.03. The van der Waals surface area contributed by atoms with Crippen molar-refractivity contribution in [3.05, 3.63) is 102 Å². The lowest BCUT2D eigenvalue weighted by Crippen LogP contribution is -2.04. The van der Waals surface area contributed by atoms with Crippen LogP contribution in [0.25, 0.3) is 5.69 Å². The molecule has 0 aliphatic carbocycles. The fraction of sp³-hybridized carbons (Fsp3) is 0.160. The number of carbonyl (C=O) groups is 1. The number of aromatic nitrogens is 3. The molecule has 5 nitrogen and oxygen atoms in total. The van der Waals surface area contributed by atoms with E-state index < -0.39 is 0 Å². The topological polar surface area (TPSA) is 57.0 Å². The second-order valence-corrected chi connectivity index (χ2v) is 8.87. The molecule has 0 bridgehead atoms. The number of para-hydroxylation sites is 1. The summed E-state index contributed by atoms with van der Waals surface area (Å²) in [6.45, 7) is 2.18. The maximum Gasteiger partial charge on any atom is 0.338 e. The molecule has 0 aliphatic heterocycles. The van der Waals surface area contributed by atoms with Gasteiger partial charge in [0.2, 0.25) is 0 Å². The van der Waals surface area contributed by atoms with Gasteiger partial charge in [0, 0.05) is 16.3 Å². The third kappa shape index (κ3) is 5.60. The van der Waals surface area contributed by atoms with Crippen LogP contribution < -0.4 is 0 Å². The van der Waals surface area contributed by atoms with Gasteiger partial charge in [0.1, 0.15) is 5.82 Å². The fourth-order valence-corrected chi connectivity index (χ4v) is 4.85. The van der Waals surface area contributed by atoms with Gasteiger partial charge in [-0.05, 0) is 48.9 Å². The van der Waals surface area contributed by atoms with Crippen molar-refractivity contribution in [1.29, 1.82) is 0 Å². The minimum absolute atomic E-state index is 0.295. The lowest BCUT2D eigenvalue weighted by molar-refractivity contribution is 0.0526. The second kappa shape index (κ2) is 11.0. The Bertz CT molecular complexity index is 1150. The van der Waals surface area contributed by atoms with Crippen LogP contribution in [0.4, 0.5) is 0 Å². The number of benzene rings is 3. The van der Waals surface area contributed by atoms with Crippen LogP contribution in [0, 0.1) is 0 Å². The van der Waals surface area contributed by atoms with Crippen LogP contribution in [0.15, 0.2) is 95.0 Å². The van der Waals surface area contributed by atoms with Crippen molar-refractivity contribution in [1.82, 2.24) is 14.8 Å². The summed E-state index contributed by atoms with van der Waals surface area (Å²) in [4.78, 5) is 13.1. The van der Waals surface area contributed by atoms with Crippen molar-refractivity contribution in [3.8, 4) is 5.69 Å². The number of nitrogens with zero attached hydrogens (tertiary/aromatic N) is 3. The van der Waals surface area contributed by atoms with Crippen molar-refractivity contribution >= 4 is 29.5 Å². The molecule has 0 radical (unpaired) electrons. The predicted molar refractivity (Wildman–Crippen MR) is 129 cm³/mol. The standard InChI is InChI=1S/C25H23N3O2S2/c1-2-30-24(29)20-15-13-19(14-16-20)17-32-25-27-26-23(18-31-22-11-7-4-8-12-22)28(25)21-9-5-3-6-10-21/h3-16H,2,17-18H2,1H3. The van der Waals surface area contributed by atoms with Gasteiger partial charge in [0.25, 0.3) is 0 Å². The first-order chi connectivity index (χ1) is 15.7. The Morgan fingerprint density at radius 2 is 1.53 bits per heavy atom. The molecule has 32 heavy (non-hydrogen) atoms. The normalized spacial score (nSPS) is 10.8. The number of esters is 1. The third-order valence-corrected chi connectivity index (χ3v) is 6.67. The molecule has 0 spiro atoms. The summed E-state index contributed by atoms with van der Waals surface area (Å²) >= 11 is 3.37. The molecule has 4 rings (SSSR count). The molecule has 0 aliphatic rings. The van der Waals surface area contributed by atoms with E-state index in [9.17, 15) is 4.79 Å². The van der Waals surface area contributed by atoms with Gasteiger partial charge in [-0.1, -0.05) is 60.3 Å². The lowest BCUT2D eigenvalue weighted by atomic mass is 10.1. The summed E-state index contributed by atoms with van der Waals surface area (Å²) in [6, 6.07) is 28.0. The van der Waals surface area contributed by atoms with Crippen LogP contribution in [0.3, 0.4) is 0 Å². The summed E-state index contributed by atoms with van der Waals surface area (Å²) in [5.41, 5.74) is 2.71. The van der Waals surface area contributed by atoms with E-state index in [1.54, 1.807) is 42.6 Å². The summed E-state index contributed by atoms with van der Waals surface area (Å²) in [7, 11) is 0. The van der Waals surface area contributed by atoms with Crippen LogP contribution in [0.5, 0.6) is 0 Å². The van der Waals surface area contributed by atoms with E-state index in [2.05, 4.69) is 39.0 Å². The molecule has 7 heteroatoms. The Labute approximate surface area is 196 Å². The highest BCUT2D eigenvalue weighted by molar-refractivity contribution is 7.98. The lowest BCUT2D eigenvalue weighted by Gasteiger charge is -2.10. The number of hydrogen-bond donors (Lipinski definition) is 0. The van der Waals surface area contributed by atoms with Crippen LogP contribution >= 0.6 is 23.5 Å². The number of ether oxygens (including phenoxy) is 1. The fourth-order valence-electron chi connectivity index (χ4n) is 3.09. The van der Waals surface area contributed by atoms with Gasteiger partial charge in [0.05, 0.1) is 17.9 Å². The van der Waals surface area contributed by atoms with Crippen LogP contribution in [0.1, 0.15) is 28.7 Å². The molecule has 1 aromatic heterocycles. The number of hydrogen-bond acceptors (Lipinski definition) is 6. The molecule has 0 atom stereocenters. The van der Waals surface area contributed by atoms with E-state index in [1.807, 2.05) is 48.5 Å². The summed E-state index contributed by atoms with van der Waals surface area (Å²) in [6.07, 6.45) is 0. The Morgan fingerprint density at radius 3 is 2.22 bits per heavy atom. The first kappa shape index (κ1) is 22.2. The third-order valence-electron chi connectivity index (χ3n) is 4.66. The van der Waals surface area contributed by atoms with Crippen molar-refractivity contribution in [2.24, 2.45) is 0 Å². The molecular formula is C25H23N3O2S2. The SMILES string of the molecule is CCOC(=O)c1ccc(CSc2nnc(CSc3ccccc3)n2-c2ccccc2)cc1. The van der Waals surface area contributed by atoms with E-state index in [0.29, 0.717) is 12.2 Å². The number of carbonyl (C=O) groups excluding carboxylic acids is 1. The van der Waals surface area contributed by atoms with E-state index in [1.165, 1.54) is 4.90 Å². The van der Waals surface area contributed by atoms with Gasteiger partial charge in [-0.25, -0.2) is 4.79 Å². The average Bonchev–Trinajstić information content (AvgIpc) is 3.26. The Morgan fingerprint density at radius 1 is 0.844 bits per heavy atom. The van der Waals surface area contributed by atoms with Crippen molar-refractivity contribution in [2.45, 2.75) is 28.5 Å². The highest BCUT2D eigenvalue weighted by Gasteiger charge is 2.15. The zero-order chi connectivity index (χ0) is 22.2. The summed E-state index contributed by atoms with van der Waals surface area (Å²) in [5.74, 6) is 2.06. The molecule has 162 valence electrons. The molecular weight excluding hydrogens is 438 g/mol. The molecule has 3 aromatic carbocycles. The smallest absolute Gasteiger partial charge is 0.338 e. The molecule has 0 amide bonds. The molecule has 4 aromatic rings. The van der Waals surface area contributed by atoms with Gasteiger partial charge in [-0.15, -0.1) is 22.0 Å². The van der Waals surface area contributed by atoms with Crippen LogP contribution in [0.2, 0.25) is 0 Å². The Kier molecular flexibility index (Phi) is 7.64. The van der Waals surface area contributed by atoms with Gasteiger partial charge in [0.15, 0.2) is 5.16 Å². The van der Waals surface area contributed by atoms with E-state index >= 15 is 0 Å². The first-order valence-corrected chi connectivity index (χ1v) is 12.3. The minimum Gasteiger partial charge on any atom is -0.462 e. The largest absolute Gasteiger partial charge is 0.462 e. The predicted octanol–water partition coefficient (Wildman–Crippen LogP) is 6.03. The van der Waals surface area contributed by atoms with E-state index in [-0.39, 0.29) is 5.97 Å². The van der Waals surface area contributed by atoms with E-state index in [4.69, 9.17) is 4.74 Å². The maximum absolute atomic E-state index is 11.9. The number of thioether (sulfide) groups is 2. The van der Waals surface area contributed by atoms with Crippen LogP contribution in [-0.4, -0.2) is 27.3 Å². The number of rotatable bonds is 9. The zero-order valence-electron chi connectivity index (χ0n) is 17.7. The maximum atomic E-state index is 11.9. The summed E-state index contributed by atoms with van der Waals surface area (Å²) in [5, 5.41) is 9.81. The Balaban J connectivity index is 1.50. The van der Waals surface area contributed by atoms with Crippen molar-refractivity contribution in [2.75, 3.05) is 6.61 Å². The molecule has 0 saturated heterocycles. The molecule has 0 N–H and O–H groups in total. The molecule has 0 unspecified atom stereocenters. The van der Waals surface area contributed by atoms with Crippen LogP contribution in [-0.2, 0) is 16.2 Å². The average molecular weight is 462 g/mol. The minimum atomic E-state index is -0.295. The van der Waals surface area contributed by atoms with Gasteiger partial charge < -0.3 is 4.74 Å². The van der Waals surface area contributed by atoms with Crippen molar-refractivity contribution in [3.63, 3.8) is 0 Å². The molecule has 1 heterocycles. The zero-order valence-corrected chi connectivity index (χ0v) is 19.3. The summed E-state index contributed by atoms with van der Waals surface area (Å²) < 4.78 is 7.17. The highest BCUT2D eigenvalue weighted by atomic mass is 32.2. The van der Waals surface area contributed by atoms with Gasteiger partial charge >= 0.3 is 5.97 Å². The molecule has 0 fully saturated rings. The monoisotopic (exact) mass is 461 g/mol. The van der Waals surface area contributed by atoms with Crippen molar-refractivity contribution < 1.29 is 9.53 Å². The molecule has 0 saturated carbocycles. The van der Waals surface area contributed by atoms with E-state index in [0.717, 1.165) is 33.7 Å². The highest BCUT2D eigenvalue weighted by Crippen LogP contribution is 2.29. The van der Waals surface area contributed by atoms with Gasteiger partial charge in [-0.3, -0.25) is 4.57 Å². The second-order valence-electron chi connectivity index (χ2n) is 6.88. The first-order valence-electron chi connectivity index (χ1n) is 10.3. The van der Waals surface area contributed by atoms with Gasteiger partial charge in [-0.2, -0.15) is 0 Å².